The molecule has 5 nitrogen and oxygen atoms in total. The maximum atomic E-state index is 12.0. The number of hydrogen-bond acceptors (Lipinski definition) is 4. The average Bonchev–Trinajstić information content (AvgIpc) is 2.84. The Morgan fingerprint density at radius 1 is 1.04 bits per heavy atom. The van der Waals surface area contributed by atoms with Gasteiger partial charge in [-0.25, -0.2) is 0 Å². The second-order valence-electron chi connectivity index (χ2n) is 6.98. The van der Waals surface area contributed by atoms with Gasteiger partial charge in [-0.2, -0.15) is 0 Å². The van der Waals surface area contributed by atoms with Crippen molar-refractivity contribution >= 4 is 11.9 Å². The van der Waals surface area contributed by atoms with Crippen molar-refractivity contribution in [3.8, 4) is 0 Å². The molecule has 132 valence electrons. The van der Waals surface area contributed by atoms with Crippen molar-refractivity contribution in [3.05, 3.63) is 0 Å². The minimum absolute atomic E-state index is 0.0709. The first-order chi connectivity index (χ1) is 11.2. The highest BCUT2D eigenvalue weighted by Crippen LogP contribution is 2.24. The van der Waals surface area contributed by atoms with E-state index in [1.54, 1.807) is 0 Å². The fourth-order valence-electron chi connectivity index (χ4n) is 3.87. The summed E-state index contributed by atoms with van der Waals surface area (Å²) in [6.45, 7) is 2.17. The molecule has 2 rings (SSSR count). The first-order valence-electron chi connectivity index (χ1n) is 9.29. The number of carbonyl (C=O) groups is 2. The van der Waals surface area contributed by atoms with Crippen molar-refractivity contribution in [1.82, 2.24) is 10.2 Å². The Balaban J connectivity index is 1.70. The number of methoxy groups -OCH3 is 1. The van der Waals surface area contributed by atoms with Crippen LogP contribution in [0.1, 0.15) is 70.6 Å². The van der Waals surface area contributed by atoms with Crippen molar-refractivity contribution < 1.29 is 14.3 Å². The summed E-state index contributed by atoms with van der Waals surface area (Å²) in [5.41, 5.74) is 0. The molecule has 1 aliphatic carbocycles. The van der Waals surface area contributed by atoms with Crippen LogP contribution in [0, 0.1) is 0 Å². The third-order valence-corrected chi connectivity index (χ3v) is 5.17. The smallest absolute Gasteiger partial charge is 0.305 e. The molecule has 0 aromatic rings. The molecule has 0 spiro atoms. The molecule has 1 saturated heterocycles. The molecule has 23 heavy (non-hydrogen) atoms. The number of nitrogens with zero attached hydrogens (tertiary/aromatic N) is 1. The van der Waals surface area contributed by atoms with Gasteiger partial charge in [0, 0.05) is 31.5 Å². The van der Waals surface area contributed by atoms with Gasteiger partial charge in [-0.1, -0.05) is 25.7 Å². The fraction of sp³-hybridized carbons (Fsp3) is 0.889. The molecule has 1 heterocycles. The zero-order valence-corrected chi connectivity index (χ0v) is 14.5. The van der Waals surface area contributed by atoms with Crippen molar-refractivity contribution in [2.24, 2.45) is 0 Å². The summed E-state index contributed by atoms with van der Waals surface area (Å²) in [6, 6.07) is 0.995. The van der Waals surface area contributed by atoms with Crippen molar-refractivity contribution in [2.45, 2.75) is 82.7 Å². The van der Waals surface area contributed by atoms with Crippen LogP contribution in [0.3, 0.4) is 0 Å². The largest absolute Gasteiger partial charge is 0.469 e. The third kappa shape index (κ3) is 6.50. The second-order valence-corrected chi connectivity index (χ2v) is 6.98. The number of nitrogens with one attached hydrogen (secondary N) is 1. The van der Waals surface area contributed by atoms with E-state index in [1.807, 2.05) is 0 Å². The molecule has 0 aromatic carbocycles. The molecule has 1 aliphatic heterocycles. The molecule has 1 unspecified atom stereocenters. The van der Waals surface area contributed by atoms with Crippen LogP contribution < -0.4 is 5.32 Å². The maximum absolute atomic E-state index is 12.0. The zero-order chi connectivity index (χ0) is 16.5. The Kier molecular flexibility index (Phi) is 7.86. The van der Waals surface area contributed by atoms with Gasteiger partial charge >= 0.3 is 5.97 Å². The number of hydrogen-bond donors (Lipinski definition) is 1. The van der Waals surface area contributed by atoms with E-state index in [1.165, 1.54) is 58.6 Å². The van der Waals surface area contributed by atoms with Crippen LogP contribution in [0.25, 0.3) is 0 Å². The van der Waals surface area contributed by atoms with E-state index in [-0.39, 0.29) is 17.9 Å². The maximum Gasteiger partial charge on any atom is 0.305 e. The molecule has 0 aromatic heterocycles. The van der Waals surface area contributed by atoms with Crippen LogP contribution in [0.4, 0.5) is 0 Å². The SMILES string of the molecule is COC(=O)CCCC(=O)NC1CCCN(C2CCCCCC2)C1. The highest BCUT2D eigenvalue weighted by molar-refractivity contribution is 5.77. The molecule has 0 radical (unpaired) electrons. The first kappa shape index (κ1) is 18.2. The Morgan fingerprint density at radius 2 is 1.78 bits per heavy atom. The lowest BCUT2D eigenvalue weighted by Gasteiger charge is -2.38. The van der Waals surface area contributed by atoms with Crippen LogP contribution in [0.15, 0.2) is 0 Å². The number of amides is 1. The summed E-state index contributed by atoms with van der Waals surface area (Å²) in [4.78, 5) is 25.7. The number of carbonyl (C=O) groups excluding carboxylic acids is 2. The Morgan fingerprint density at radius 3 is 2.48 bits per heavy atom. The van der Waals surface area contributed by atoms with E-state index in [9.17, 15) is 9.59 Å². The van der Waals surface area contributed by atoms with E-state index in [0.29, 0.717) is 19.3 Å². The van der Waals surface area contributed by atoms with Crippen molar-refractivity contribution in [2.75, 3.05) is 20.2 Å². The number of ether oxygens (including phenoxy) is 1. The van der Waals surface area contributed by atoms with Crippen LogP contribution in [0.5, 0.6) is 0 Å². The standard InChI is InChI=1S/C18H32N2O3/c1-23-18(22)12-6-11-17(21)19-15-8-7-13-20(14-15)16-9-4-2-3-5-10-16/h15-16H,2-14H2,1H3,(H,19,21). The van der Waals surface area contributed by atoms with Crippen LogP contribution in [-0.2, 0) is 14.3 Å². The molecule has 1 saturated carbocycles. The van der Waals surface area contributed by atoms with E-state index < -0.39 is 0 Å². The van der Waals surface area contributed by atoms with Gasteiger partial charge in [0.2, 0.25) is 5.91 Å². The van der Waals surface area contributed by atoms with Crippen molar-refractivity contribution in [3.63, 3.8) is 0 Å². The van der Waals surface area contributed by atoms with Crippen LogP contribution in [-0.4, -0.2) is 49.1 Å². The highest BCUT2D eigenvalue weighted by Gasteiger charge is 2.27. The second kappa shape index (κ2) is 9.91. The Hall–Kier alpha value is -1.10. The van der Waals surface area contributed by atoms with Crippen LogP contribution in [0.2, 0.25) is 0 Å². The van der Waals surface area contributed by atoms with Gasteiger partial charge in [-0.15, -0.1) is 0 Å². The van der Waals surface area contributed by atoms with E-state index in [2.05, 4.69) is 15.0 Å². The van der Waals surface area contributed by atoms with Gasteiger partial charge in [0.05, 0.1) is 7.11 Å². The summed E-state index contributed by atoms with van der Waals surface area (Å²) < 4.78 is 4.60. The lowest BCUT2D eigenvalue weighted by atomic mass is 9.99. The summed E-state index contributed by atoms with van der Waals surface area (Å²) in [6.07, 6.45) is 11.7. The fourth-order valence-corrected chi connectivity index (χ4v) is 3.87. The lowest BCUT2D eigenvalue weighted by molar-refractivity contribution is -0.140. The minimum Gasteiger partial charge on any atom is -0.469 e. The molecule has 2 aliphatic rings. The first-order valence-corrected chi connectivity index (χ1v) is 9.29. The summed E-state index contributed by atoms with van der Waals surface area (Å²) >= 11 is 0. The molecular weight excluding hydrogens is 292 g/mol. The summed E-state index contributed by atoms with van der Waals surface area (Å²) in [7, 11) is 1.38. The summed E-state index contributed by atoms with van der Waals surface area (Å²) in [5, 5.41) is 3.16. The number of piperidine rings is 1. The van der Waals surface area contributed by atoms with Gasteiger partial charge in [0.15, 0.2) is 0 Å². The van der Waals surface area contributed by atoms with E-state index >= 15 is 0 Å². The molecule has 2 fully saturated rings. The zero-order valence-electron chi connectivity index (χ0n) is 14.5. The quantitative estimate of drug-likeness (QED) is 0.603. The normalized spacial score (nSPS) is 24.0. The highest BCUT2D eigenvalue weighted by atomic mass is 16.5. The topological polar surface area (TPSA) is 58.6 Å². The predicted molar refractivity (Wildman–Crippen MR) is 90.1 cm³/mol. The predicted octanol–water partition coefficient (Wildman–Crippen LogP) is 2.63. The molecular formula is C18H32N2O3. The number of rotatable bonds is 6. The van der Waals surface area contributed by atoms with E-state index in [4.69, 9.17) is 0 Å². The number of esters is 1. The van der Waals surface area contributed by atoms with Crippen LogP contribution >= 0.6 is 0 Å². The van der Waals surface area contributed by atoms with Gasteiger partial charge in [-0.05, 0) is 38.6 Å². The third-order valence-electron chi connectivity index (χ3n) is 5.17. The molecule has 0 bridgehead atoms. The minimum atomic E-state index is -0.241. The summed E-state index contributed by atoms with van der Waals surface area (Å²) in [5.74, 6) is -0.170. The van der Waals surface area contributed by atoms with Gasteiger partial charge < -0.3 is 10.1 Å². The average molecular weight is 324 g/mol. The van der Waals surface area contributed by atoms with E-state index in [0.717, 1.165) is 19.0 Å². The molecule has 1 N–H and O–H groups in total. The van der Waals surface area contributed by atoms with Crippen molar-refractivity contribution in [1.29, 1.82) is 0 Å². The molecule has 1 atom stereocenters. The van der Waals surface area contributed by atoms with Gasteiger partial charge in [-0.3, -0.25) is 14.5 Å². The van der Waals surface area contributed by atoms with Gasteiger partial charge in [0.25, 0.3) is 0 Å². The molecule has 5 heteroatoms. The Bertz CT molecular complexity index is 378. The number of likely N-dealkylation sites (tertiary alicyclic amines) is 1. The molecule has 1 amide bonds. The lowest BCUT2D eigenvalue weighted by Crippen LogP contribution is -2.50. The van der Waals surface area contributed by atoms with Gasteiger partial charge in [0.1, 0.15) is 0 Å². The monoisotopic (exact) mass is 324 g/mol. The Labute approximate surface area is 140 Å².